The minimum absolute atomic E-state index is 0.123. The lowest BCUT2D eigenvalue weighted by Crippen LogP contribution is -2.47. The summed E-state index contributed by atoms with van der Waals surface area (Å²) in [7, 11) is 1.62. The van der Waals surface area contributed by atoms with Gasteiger partial charge < -0.3 is 15.0 Å². The van der Waals surface area contributed by atoms with Crippen LogP contribution in [0.25, 0.3) is 0 Å². The number of hydrogen-bond donors (Lipinski definition) is 1. The molecule has 0 heterocycles. The van der Waals surface area contributed by atoms with E-state index in [1.165, 1.54) is 17.0 Å². The highest BCUT2D eigenvalue weighted by atomic mass is 19.1. The van der Waals surface area contributed by atoms with E-state index in [0.29, 0.717) is 19.4 Å². The predicted octanol–water partition coefficient (Wildman–Crippen LogP) is 3.32. The van der Waals surface area contributed by atoms with Gasteiger partial charge in [-0.3, -0.25) is 9.59 Å². The summed E-state index contributed by atoms with van der Waals surface area (Å²) in [4.78, 5) is 26.4. The number of halogens is 1. The van der Waals surface area contributed by atoms with Gasteiger partial charge in [-0.15, -0.1) is 0 Å². The molecule has 0 saturated heterocycles. The number of hydrogen-bond acceptors (Lipinski definition) is 3. The number of carbonyl (C=O) groups is 2. The SMILES string of the molecule is CCC(=O)N(Cc1ccc(F)cc1)[C@H](C)C(=O)NCCc1ccc(OC)cc1. The molecule has 5 nitrogen and oxygen atoms in total. The molecule has 0 fully saturated rings. The molecule has 2 aromatic carbocycles. The lowest BCUT2D eigenvalue weighted by Gasteiger charge is -2.28. The van der Waals surface area contributed by atoms with E-state index in [1.807, 2.05) is 24.3 Å². The maximum absolute atomic E-state index is 13.1. The minimum Gasteiger partial charge on any atom is -0.497 e. The molecule has 0 bridgehead atoms. The van der Waals surface area contributed by atoms with Crippen molar-refractivity contribution in [3.63, 3.8) is 0 Å². The number of carbonyl (C=O) groups excluding carboxylic acids is 2. The number of nitrogens with zero attached hydrogens (tertiary/aromatic N) is 1. The summed E-state index contributed by atoms with van der Waals surface area (Å²) in [5.74, 6) is 0.122. The molecule has 2 rings (SSSR count). The average Bonchev–Trinajstić information content (AvgIpc) is 2.72. The predicted molar refractivity (Wildman–Crippen MR) is 106 cm³/mol. The zero-order chi connectivity index (χ0) is 20.5. The van der Waals surface area contributed by atoms with Crippen LogP contribution in [-0.2, 0) is 22.6 Å². The van der Waals surface area contributed by atoms with E-state index in [9.17, 15) is 14.0 Å². The summed E-state index contributed by atoms with van der Waals surface area (Å²) >= 11 is 0. The highest BCUT2D eigenvalue weighted by Gasteiger charge is 2.24. The third-order valence-electron chi connectivity index (χ3n) is 4.61. The molecule has 1 N–H and O–H groups in total. The molecule has 0 radical (unpaired) electrons. The van der Waals surface area contributed by atoms with E-state index in [0.717, 1.165) is 16.9 Å². The standard InChI is InChI=1S/C22H27FN2O3/c1-4-21(26)25(15-18-5-9-19(23)10-6-18)16(2)22(27)24-14-13-17-7-11-20(28-3)12-8-17/h5-12,16H,4,13-15H2,1-3H3,(H,24,27)/t16-/m1/s1. The van der Waals surface area contributed by atoms with Crippen molar-refractivity contribution in [2.24, 2.45) is 0 Å². The van der Waals surface area contributed by atoms with Gasteiger partial charge in [-0.05, 0) is 48.7 Å². The van der Waals surface area contributed by atoms with Crippen molar-refractivity contribution in [3.8, 4) is 5.75 Å². The van der Waals surface area contributed by atoms with Crippen molar-refractivity contribution in [1.82, 2.24) is 10.2 Å². The molecular weight excluding hydrogens is 359 g/mol. The molecule has 1 atom stereocenters. The van der Waals surface area contributed by atoms with Crippen LogP contribution in [0, 0.1) is 5.82 Å². The first kappa shape index (κ1) is 21.4. The van der Waals surface area contributed by atoms with Crippen LogP contribution in [0.5, 0.6) is 5.75 Å². The van der Waals surface area contributed by atoms with E-state index in [1.54, 1.807) is 33.1 Å². The third kappa shape index (κ3) is 6.08. The minimum atomic E-state index is -0.617. The molecule has 0 spiro atoms. The Bertz CT molecular complexity index is 775. The zero-order valence-corrected chi connectivity index (χ0v) is 16.6. The first-order valence-electron chi connectivity index (χ1n) is 9.39. The fourth-order valence-corrected chi connectivity index (χ4v) is 2.84. The Morgan fingerprint density at radius 1 is 1.07 bits per heavy atom. The summed E-state index contributed by atoms with van der Waals surface area (Å²) in [5, 5.41) is 2.89. The molecule has 0 aliphatic carbocycles. The van der Waals surface area contributed by atoms with Crippen molar-refractivity contribution in [2.75, 3.05) is 13.7 Å². The third-order valence-corrected chi connectivity index (χ3v) is 4.61. The summed E-state index contributed by atoms with van der Waals surface area (Å²) in [6.07, 6.45) is 0.979. The van der Waals surface area contributed by atoms with E-state index >= 15 is 0 Å². The number of rotatable bonds is 9. The normalized spacial score (nSPS) is 11.6. The summed E-state index contributed by atoms with van der Waals surface area (Å²) < 4.78 is 18.2. The summed E-state index contributed by atoms with van der Waals surface area (Å²) in [6, 6.07) is 13.0. The molecule has 0 unspecified atom stereocenters. The maximum Gasteiger partial charge on any atom is 0.242 e. The van der Waals surface area contributed by atoms with Gasteiger partial charge in [0.1, 0.15) is 17.6 Å². The summed E-state index contributed by atoms with van der Waals surface area (Å²) in [6.45, 7) is 4.20. The lowest BCUT2D eigenvalue weighted by molar-refractivity contribution is -0.140. The number of benzene rings is 2. The van der Waals surface area contributed by atoms with Gasteiger partial charge in [0, 0.05) is 19.5 Å². The summed E-state index contributed by atoms with van der Waals surface area (Å²) in [5.41, 5.74) is 1.86. The van der Waals surface area contributed by atoms with Gasteiger partial charge in [-0.1, -0.05) is 31.2 Å². The Kier molecular flexibility index (Phi) is 7.99. The van der Waals surface area contributed by atoms with Crippen LogP contribution in [0.15, 0.2) is 48.5 Å². The monoisotopic (exact) mass is 386 g/mol. The molecular formula is C22H27FN2O3. The zero-order valence-electron chi connectivity index (χ0n) is 16.6. The van der Waals surface area contributed by atoms with Crippen LogP contribution in [0.2, 0.25) is 0 Å². The number of ether oxygens (including phenoxy) is 1. The Balaban J connectivity index is 1.93. The van der Waals surface area contributed by atoms with Crippen molar-refractivity contribution in [1.29, 1.82) is 0 Å². The van der Waals surface area contributed by atoms with Crippen molar-refractivity contribution in [3.05, 3.63) is 65.5 Å². The van der Waals surface area contributed by atoms with Gasteiger partial charge in [-0.25, -0.2) is 4.39 Å². The molecule has 0 aliphatic heterocycles. The molecule has 28 heavy (non-hydrogen) atoms. The Morgan fingerprint density at radius 2 is 1.68 bits per heavy atom. The Morgan fingerprint density at radius 3 is 2.25 bits per heavy atom. The molecule has 2 amide bonds. The fraction of sp³-hybridized carbons (Fsp3) is 0.364. The smallest absolute Gasteiger partial charge is 0.242 e. The Labute approximate surface area is 165 Å². The largest absolute Gasteiger partial charge is 0.497 e. The van der Waals surface area contributed by atoms with E-state index in [-0.39, 0.29) is 24.2 Å². The van der Waals surface area contributed by atoms with Gasteiger partial charge in [0.2, 0.25) is 11.8 Å². The van der Waals surface area contributed by atoms with E-state index in [2.05, 4.69) is 5.32 Å². The fourth-order valence-electron chi connectivity index (χ4n) is 2.84. The van der Waals surface area contributed by atoms with Gasteiger partial charge in [0.05, 0.1) is 7.11 Å². The molecule has 0 aliphatic rings. The second-order valence-electron chi connectivity index (χ2n) is 6.57. The van der Waals surface area contributed by atoms with Gasteiger partial charge >= 0.3 is 0 Å². The van der Waals surface area contributed by atoms with Crippen LogP contribution in [0.3, 0.4) is 0 Å². The Hall–Kier alpha value is -2.89. The maximum atomic E-state index is 13.1. The van der Waals surface area contributed by atoms with E-state index < -0.39 is 6.04 Å². The number of nitrogens with one attached hydrogen (secondary N) is 1. The lowest BCUT2D eigenvalue weighted by atomic mass is 10.1. The van der Waals surface area contributed by atoms with Crippen LogP contribution in [-0.4, -0.2) is 36.4 Å². The highest BCUT2D eigenvalue weighted by Crippen LogP contribution is 2.13. The van der Waals surface area contributed by atoms with E-state index in [4.69, 9.17) is 4.74 Å². The van der Waals surface area contributed by atoms with Crippen LogP contribution in [0.1, 0.15) is 31.4 Å². The molecule has 0 aromatic heterocycles. The molecule has 2 aromatic rings. The van der Waals surface area contributed by atoms with Gasteiger partial charge in [-0.2, -0.15) is 0 Å². The second kappa shape index (κ2) is 10.4. The topological polar surface area (TPSA) is 58.6 Å². The van der Waals surface area contributed by atoms with Gasteiger partial charge in [0.25, 0.3) is 0 Å². The van der Waals surface area contributed by atoms with Crippen LogP contribution in [0.4, 0.5) is 4.39 Å². The molecule has 6 heteroatoms. The number of methoxy groups -OCH3 is 1. The van der Waals surface area contributed by atoms with Crippen molar-refractivity contribution in [2.45, 2.75) is 39.3 Å². The van der Waals surface area contributed by atoms with Crippen molar-refractivity contribution >= 4 is 11.8 Å². The van der Waals surface area contributed by atoms with Crippen LogP contribution >= 0.6 is 0 Å². The van der Waals surface area contributed by atoms with Crippen molar-refractivity contribution < 1.29 is 18.7 Å². The first-order chi connectivity index (χ1) is 13.4. The molecule has 0 saturated carbocycles. The second-order valence-corrected chi connectivity index (χ2v) is 6.57. The van der Waals surface area contributed by atoms with Gasteiger partial charge in [0.15, 0.2) is 0 Å². The number of amides is 2. The first-order valence-corrected chi connectivity index (χ1v) is 9.39. The van der Waals surface area contributed by atoms with Crippen LogP contribution < -0.4 is 10.1 Å². The molecule has 150 valence electrons. The highest BCUT2D eigenvalue weighted by molar-refractivity contribution is 5.87. The quantitative estimate of drug-likeness (QED) is 0.719. The average molecular weight is 386 g/mol.